The lowest BCUT2D eigenvalue weighted by atomic mass is 10.0. The molecule has 2 rings (SSSR count). The number of hydrogen-bond acceptors (Lipinski definition) is 4. The van der Waals surface area contributed by atoms with Gasteiger partial charge in [0.15, 0.2) is 5.13 Å². The number of carbonyl (C=O) groups is 2. The van der Waals surface area contributed by atoms with E-state index in [1.54, 1.807) is 5.38 Å². The number of aliphatic carboxylic acids is 1. The lowest BCUT2D eigenvalue weighted by molar-refractivity contribution is -0.136. The molecule has 0 saturated carbocycles. The van der Waals surface area contributed by atoms with Crippen LogP contribution in [0.4, 0.5) is 5.13 Å². The zero-order chi connectivity index (χ0) is 15.2. The predicted octanol–water partition coefficient (Wildman–Crippen LogP) is 2.59. The maximum atomic E-state index is 12.1. The van der Waals surface area contributed by atoms with Crippen LogP contribution in [0.2, 0.25) is 0 Å². The fourth-order valence-corrected chi connectivity index (χ4v) is 2.60. The van der Waals surface area contributed by atoms with Gasteiger partial charge in [-0.3, -0.25) is 9.59 Å². The Balaban J connectivity index is 1.91. The summed E-state index contributed by atoms with van der Waals surface area (Å²) in [5, 5.41) is 13.5. The highest BCUT2D eigenvalue weighted by Crippen LogP contribution is 2.18. The standard InChI is InChI=1S/C15H16N2O3S/c1-10(7-11-5-3-2-4-6-11)14(20)17-15-16-12(9-21-15)8-13(18)19/h2-6,9-10H,7-8H2,1H3,(H,18,19)(H,16,17,20)/t10-/m0/s1. The van der Waals surface area contributed by atoms with Crippen molar-refractivity contribution in [1.82, 2.24) is 4.98 Å². The first-order valence-electron chi connectivity index (χ1n) is 6.55. The number of nitrogens with one attached hydrogen (secondary N) is 1. The number of thiazole rings is 1. The summed E-state index contributed by atoms with van der Waals surface area (Å²) >= 11 is 1.24. The summed E-state index contributed by atoms with van der Waals surface area (Å²) in [6.07, 6.45) is 0.520. The molecule has 110 valence electrons. The third-order valence-electron chi connectivity index (χ3n) is 2.95. The van der Waals surface area contributed by atoms with Gasteiger partial charge >= 0.3 is 5.97 Å². The molecule has 1 amide bonds. The van der Waals surface area contributed by atoms with E-state index in [-0.39, 0.29) is 18.2 Å². The Morgan fingerprint density at radius 1 is 1.33 bits per heavy atom. The minimum Gasteiger partial charge on any atom is -0.481 e. The second-order valence-corrected chi connectivity index (χ2v) is 5.65. The molecule has 0 aliphatic carbocycles. The van der Waals surface area contributed by atoms with Crippen molar-refractivity contribution in [1.29, 1.82) is 0 Å². The second kappa shape index (κ2) is 6.99. The quantitative estimate of drug-likeness (QED) is 0.859. The number of nitrogens with zero attached hydrogens (tertiary/aromatic N) is 1. The van der Waals surface area contributed by atoms with E-state index in [4.69, 9.17) is 5.11 Å². The molecular formula is C15H16N2O3S. The lowest BCUT2D eigenvalue weighted by Crippen LogP contribution is -2.22. The fourth-order valence-electron chi connectivity index (χ4n) is 1.89. The molecule has 1 aromatic heterocycles. The second-order valence-electron chi connectivity index (χ2n) is 4.79. The molecule has 1 atom stereocenters. The van der Waals surface area contributed by atoms with Crippen LogP contribution in [0, 0.1) is 5.92 Å². The van der Waals surface area contributed by atoms with E-state index in [0.717, 1.165) is 5.56 Å². The van der Waals surface area contributed by atoms with Crippen LogP contribution in [-0.2, 0) is 22.4 Å². The number of amides is 1. The van der Waals surface area contributed by atoms with E-state index >= 15 is 0 Å². The van der Waals surface area contributed by atoms with Crippen LogP contribution in [0.25, 0.3) is 0 Å². The van der Waals surface area contributed by atoms with Crippen molar-refractivity contribution in [2.45, 2.75) is 19.8 Å². The van der Waals surface area contributed by atoms with E-state index in [2.05, 4.69) is 10.3 Å². The van der Waals surface area contributed by atoms with Crippen molar-refractivity contribution < 1.29 is 14.7 Å². The molecule has 0 unspecified atom stereocenters. The van der Waals surface area contributed by atoms with Gasteiger partial charge in [-0.25, -0.2) is 4.98 Å². The molecule has 1 heterocycles. The minimum absolute atomic E-state index is 0.116. The van der Waals surface area contributed by atoms with Gasteiger partial charge in [0, 0.05) is 11.3 Å². The number of hydrogen-bond donors (Lipinski definition) is 2. The van der Waals surface area contributed by atoms with Crippen molar-refractivity contribution in [3.63, 3.8) is 0 Å². The van der Waals surface area contributed by atoms with Crippen LogP contribution in [0.3, 0.4) is 0 Å². The zero-order valence-electron chi connectivity index (χ0n) is 11.6. The summed E-state index contributed by atoms with van der Waals surface area (Å²) in [4.78, 5) is 26.8. The molecule has 0 spiro atoms. The monoisotopic (exact) mass is 304 g/mol. The summed E-state index contributed by atoms with van der Waals surface area (Å²) < 4.78 is 0. The molecule has 1 aromatic carbocycles. The third kappa shape index (κ3) is 4.68. The topological polar surface area (TPSA) is 79.3 Å². The van der Waals surface area contributed by atoms with Gasteiger partial charge in [-0.1, -0.05) is 37.3 Å². The Kier molecular flexibility index (Phi) is 5.05. The molecule has 21 heavy (non-hydrogen) atoms. The molecule has 0 bridgehead atoms. The Morgan fingerprint density at radius 2 is 2.05 bits per heavy atom. The van der Waals surface area contributed by atoms with Gasteiger partial charge in [-0.05, 0) is 12.0 Å². The SMILES string of the molecule is C[C@@H](Cc1ccccc1)C(=O)Nc1nc(CC(=O)O)cs1. The molecule has 0 saturated heterocycles. The van der Waals surface area contributed by atoms with Crippen molar-refractivity contribution in [3.05, 3.63) is 47.0 Å². The van der Waals surface area contributed by atoms with E-state index in [9.17, 15) is 9.59 Å². The summed E-state index contributed by atoms with van der Waals surface area (Å²) in [5.41, 5.74) is 1.56. The lowest BCUT2D eigenvalue weighted by Gasteiger charge is -2.10. The van der Waals surface area contributed by atoms with E-state index < -0.39 is 5.97 Å². The van der Waals surface area contributed by atoms with Crippen LogP contribution in [0.15, 0.2) is 35.7 Å². The molecule has 2 aromatic rings. The minimum atomic E-state index is -0.935. The van der Waals surface area contributed by atoms with Gasteiger partial charge in [-0.2, -0.15) is 0 Å². The Morgan fingerprint density at radius 3 is 2.71 bits per heavy atom. The highest BCUT2D eigenvalue weighted by molar-refractivity contribution is 7.13. The third-order valence-corrected chi connectivity index (χ3v) is 3.75. The maximum Gasteiger partial charge on any atom is 0.309 e. The summed E-state index contributed by atoms with van der Waals surface area (Å²) in [6.45, 7) is 1.86. The summed E-state index contributed by atoms with van der Waals surface area (Å²) in [7, 11) is 0. The van der Waals surface area contributed by atoms with Crippen molar-refractivity contribution in [3.8, 4) is 0 Å². The number of aromatic nitrogens is 1. The number of carboxylic acid groups (broad SMARTS) is 1. The molecule has 0 aliphatic heterocycles. The van der Waals surface area contributed by atoms with Crippen LogP contribution in [0.5, 0.6) is 0 Å². The van der Waals surface area contributed by atoms with E-state index in [0.29, 0.717) is 17.2 Å². The molecule has 0 aliphatic rings. The molecule has 5 nitrogen and oxygen atoms in total. The fraction of sp³-hybridized carbons (Fsp3) is 0.267. The first kappa shape index (κ1) is 15.2. The highest BCUT2D eigenvalue weighted by atomic mass is 32.1. The Bertz CT molecular complexity index is 625. The average Bonchev–Trinajstić information content (AvgIpc) is 2.86. The van der Waals surface area contributed by atoms with Crippen LogP contribution >= 0.6 is 11.3 Å². The number of carbonyl (C=O) groups excluding carboxylic acids is 1. The molecule has 6 heteroatoms. The van der Waals surface area contributed by atoms with Gasteiger partial charge in [-0.15, -0.1) is 11.3 Å². The van der Waals surface area contributed by atoms with Crippen LogP contribution in [-0.4, -0.2) is 22.0 Å². The summed E-state index contributed by atoms with van der Waals surface area (Å²) in [6, 6.07) is 9.79. The predicted molar refractivity (Wildman–Crippen MR) is 81.4 cm³/mol. The largest absolute Gasteiger partial charge is 0.481 e. The van der Waals surface area contributed by atoms with Gasteiger partial charge in [0.05, 0.1) is 12.1 Å². The molecule has 0 fully saturated rings. The number of anilines is 1. The van der Waals surface area contributed by atoms with Crippen molar-refractivity contribution in [2.75, 3.05) is 5.32 Å². The Hall–Kier alpha value is -2.21. The van der Waals surface area contributed by atoms with E-state index in [1.165, 1.54) is 11.3 Å². The molecular weight excluding hydrogens is 288 g/mol. The van der Waals surface area contributed by atoms with Crippen LogP contribution < -0.4 is 5.32 Å². The average molecular weight is 304 g/mol. The summed E-state index contributed by atoms with van der Waals surface area (Å²) in [5.74, 6) is -1.23. The van der Waals surface area contributed by atoms with Gasteiger partial charge in [0.1, 0.15) is 0 Å². The number of benzene rings is 1. The molecule has 2 N–H and O–H groups in total. The van der Waals surface area contributed by atoms with Gasteiger partial charge in [0.2, 0.25) is 5.91 Å². The van der Waals surface area contributed by atoms with E-state index in [1.807, 2.05) is 37.3 Å². The smallest absolute Gasteiger partial charge is 0.309 e. The van der Waals surface area contributed by atoms with Gasteiger partial charge < -0.3 is 10.4 Å². The van der Waals surface area contributed by atoms with Crippen molar-refractivity contribution >= 4 is 28.3 Å². The normalized spacial score (nSPS) is 11.9. The van der Waals surface area contributed by atoms with Gasteiger partial charge in [0.25, 0.3) is 0 Å². The first-order chi connectivity index (χ1) is 10.0. The van der Waals surface area contributed by atoms with Crippen molar-refractivity contribution in [2.24, 2.45) is 5.92 Å². The Labute approximate surface area is 126 Å². The maximum absolute atomic E-state index is 12.1. The number of rotatable bonds is 6. The van der Waals surface area contributed by atoms with Crippen LogP contribution in [0.1, 0.15) is 18.2 Å². The highest BCUT2D eigenvalue weighted by Gasteiger charge is 2.15. The first-order valence-corrected chi connectivity index (χ1v) is 7.43. The zero-order valence-corrected chi connectivity index (χ0v) is 12.4. The number of carboxylic acids is 1. The molecule has 0 radical (unpaired) electrons.